The van der Waals surface area contributed by atoms with Crippen LogP contribution in [0.25, 0.3) is 0 Å². The third kappa shape index (κ3) is 3.61. The molecule has 1 atom stereocenters. The van der Waals surface area contributed by atoms with Gasteiger partial charge in [-0.15, -0.1) is 0 Å². The first-order chi connectivity index (χ1) is 12.5. The number of anilines is 1. The van der Waals surface area contributed by atoms with Crippen LogP contribution in [0.3, 0.4) is 0 Å². The van der Waals surface area contributed by atoms with Crippen molar-refractivity contribution in [3.8, 4) is 0 Å². The smallest absolute Gasteiger partial charge is 0.335 e. The van der Waals surface area contributed by atoms with Crippen LogP contribution >= 0.6 is 0 Å². The normalized spacial score (nSPS) is 21.5. The minimum Gasteiger partial charge on any atom is -0.478 e. The Morgan fingerprint density at radius 3 is 2.69 bits per heavy atom. The fourth-order valence-electron chi connectivity index (χ4n) is 4.30. The molecular weight excluding hydrogens is 324 g/mol. The van der Waals surface area contributed by atoms with E-state index in [1.165, 1.54) is 18.4 Å². The number of nitrogens with one attached hydrogen (secondary N) is 1. The standard InChI is InChI=1S/C22H26N2O2/c1-16-11-18(21(25)26)13-20(12-16)23-19-7-10-24(22(14-19)8-9-22)15-17-5-3-2-4-6-17/h2-6,11-13,19,23H,7-10,14-15H2,1H3,(H,25,26). The van der Waals surface area contributed by atoms with Gasteiger partial charge in [-0.3, -0.25) is 4.90 Å². The minimum atomic E-state index is -0.868. The summed E-state index contributed by atoms with van der Waals surface area (Å²) in [5.41, 5.74) is 3.99. The molecule has 0 radical (unpaired) electrons. The highest BCUT2D eigenvalue weighted by molar-refractivity contribution is 5.89. The Kier molecular flexibility index (Phi) is 4.45. The van der Waals surface area contributed by atoms with Crippen molar-refractivity contribution in [1.29, 1.82) is 0 Å². The molecule has 26 heavy (non-hydrogen) atoms. The lowest BCUT2D eigenvalue weighted by atomic mass is 9.93. The molecule has 4 rings (SSSR count). The van der Waals surface area contributed by atoms with Crippen molar-refractivity contribution in [2.24, 2.45) is 0 Å². The van der Waals surface area contributed by atoms with Crippen LogP contribution in [0.15, 0.2) is 48.5 Å². The zero-order valence-electron chi connectivity index (χ0n) is 15.2. The summed E-state index contributed by atoms with van der Waals surface area (Å²) in [5.74, 6) is -0.868. The molecule has 4 heteroatoms. The van der Waals surface area contributed by atoms with E-state index < -0.39 is 5.97 Å². The van der Waals surface area contributed by atoms with Gasteiger partial charge < -0.3 is 10.4 Å². The second kappa shape index (κ2) is 6.76. The Labute approximate surface area is 154 Å². The maximum absolute atomic E-state index is 11.3. The van der Waals surface area contributed by atoms with Gasteiger partial charge in [0, 0.05) is 30.4 Å². The van der Waals surface area contributed by atoms with E-state index in [9.17, 15) is 9.90 Å². The molecule has 1 saturated heterocycles. The second-order valence-electron chi connectivity index (χ2n) is 7.86. The van der Waals surface area contributed by atoms with Crippen molar-refractivity contribution in [2.45, 2.75) is 50.7 Å². The van der Waals surface area contributed by atoms with Gasteiger partial charge in [0.25, 0.3) is 0 Å². The van der Waals surface area contributed by atoms with Gasteiger partial charge >= 0.3 is 5.97 Å². The first kappa shape index (κ1) is 17.1. The number of hydrogen-bond donors (Lipinski definition) is 2. The fraction of sp³-hybridized carbons (Fsp3) is 0.409. The zero-order valence-corrected chi connectivity index (χ0v) is 15.2. The predicted molar refractivity (Wildman–Crippen MR) is 104 cm³/mol. The number of rotatable bonds is 5. The molecule has 1 spiro atoms. The van der Waals surface area contributed by atoms with Crippen LogP contribution in [0.1, 0.15) is 47.2 Å². The van der Waals surface area contributed by atoms with Gasteiger partial charge in [0.1, 0.15) is 0 Å². The largest absolute Gasteiger partial charge is 0.478 e. The monoisotopic (exact) mass is 350 g/mol. The van der Waals surface area contributed by atoms with Crippen molar-refractivity contribution in [3.05, 3.63) is 65.2 Å². The third-order valence-corrected chi connectivity index (χ3v) is 5.78. The highest BCUT2D eigenvalue weighted by atomic mass is 16.4. The number of likely N-dealkylation sites (tertiary alicyclic amines) is 1. The van der Waals surface area contributed by atoms with Gasteiger partial charge in [-0.1, -0.05) is 30.3 Å². The summed E-state index contributed by atoms with van der Waals surface area (Å²) in [7, 11) is 0. The molecular formula is C22H26N2O2. The summed E-state index contributed by atoms with van der Waals surface area (Å²) in [6, 6.07) is 16.6. The average molecular weight is 350 g/mol. The maximum atomic E-state index is 11.3. The number of carbonyl (C=O) groups is 1. The molecule has 1 saturated carbocycles. The second-order valence-corrected chi connectivity index (χ2v) is 7.86. The summed E-state index contributed by atoms with van der Waals surface area (Å²) in [5, 5.41) is 12.9. The van der Waals surface area contributed by atoms with Crippen LogP contribution in [0.5, 0.6) is 0 Å². The van der Waals surface area contributed by atoms with Gasteiger partial charge in [0.2, 0.25) is 0 Å². The van der Waals surface area contributed by atoms with E-state index in [0.717, 1.165) is 37.2 Å². The fourth-order valence-corrected chi connectivity index (χ4v) is 4.30. The lowest BCUT2D eigenvalue weighted by Gasteiger charge is -2.41. The molecule has 2 fully saturated rings. The van der Waals surface area contributed by atoms with Crippen LogP contribution in [0.4, 0.5) is 5.69 Å². The SMILES string of the molecule is Cc1cc(NC2CCN(Cc3ccccc3)C3(CC3)C2)cc(C(=O)O)c1. The number of piperidine rings is 1. The van der Waals surface area contributed by atoms with Gasteiger partial charge in [-0.2, -0.15) is 0 Å². The van der Waals surface area contributed by atoms with Crippen molar-refractivity contribution >= 4 is 11.7 Å². The van der Waals surface area contributed by atoms with Crippen molar-refractivity contribution in [2.75, 3.05) is 11.9 Å². The molecule has 2 aliphatic rings. The molecule has 2 aromatic rings. The zero-order chi connectivity index (χ0) is 18.1. The first-order valence-corrected chi connectivity index (χ1v) is 9.45. The molecule has 1 heterocycles. The molecule has 1 aliphatic heterocycles. The van der Waals surface area contributed by atoms with Crippen LogP contribution in [0.2, 0.25) is 0 Å². The minimum absolute atomic E-state index is 0.339. The maximum Gasteiger partial charge on any atom is 0.335 e. The lowest BCUT2D eigenvalue weighted by molar-refractivity contribution is 0.0696. The molecule has 2 N–H and O–H groups in total. The number of benzene rings is 2. The Morgan fingerprint density at radius 2 is 2.00 bits per heavy atom. The lowest BCUT2D eigenvalue weighted by Crippen LogP contribution is -2.47. The van der Waals surface area contributed by atoms with Gasteiger partial charge in [-0.25, -0.2) is 4.79 Å². The van der Waals surface area contributed by atoms with Gasteiger partial charge in [0.05, 0.1) is 5.56 Å². The number of aryl methyl sites for hydroxylation is 1. The average Bonchev–Trinajstić information content (AvgIpc) is 3.38. The molecule has 0 aromatic heterocycles. The van der Waals surface area contributed by atoms with E-state index in [0.29, 0.717) is 17.1 Å². The number of carboxylic acids is 1. The van der Waals surface area contributed by atoms with Crippen molar-refractivity contribution < 1.29 is 9.90 Å². The van der Waals surface area contributed by atoms with E-state index in [4.69, 9.17) is 0 Å². The molecule has 2 aromatic carbocycles. The number of hydrogen-bond acceptors (Lipinski definition) is 3. The summed E-state index contributed by atoms with van der Waals surface area (Å²) >= 11 is 0. The molecule has 4 nitrogen and oxygen atoms in total. The Hall–Kier alpha value is -2.33. The summed E-state index contributed by atoms with van der Waals surface area (Å²) < 4.78 is 0. The number of aromatic carboxylic acids is 1. The van der Waals surface area contributed by atoms with Crippen molar-refractivity contribution in [1.82, 2.24) is 4.90 Å². The number of carboxylic acid groups (broad SMARTS) is 1. The highest BCUT2D eigenvalue weighted by Gasteiger charge is 2.51. The Bertz CT molecular complexity index is 799. The molecule has 136 valence electrons. The van der Waals surface area contributed by atoms with Crippen molar-refractivity contribution in [3.63, 3.8) is 0 Å². The van der Waals surface area contributed by atoms with Crippen LogP contribution in [-0.4, -0.2) is 34.1 Å². The summed E-state index contributed by atoms with van der Waals surface area (Å²) in [6.45, 7) is 4.06. The van der Waals surface area contributed by atoms with Gasteiger partial charge in [-0.05, 0) is 61.9 Å². The Balaban J connectivity index is 1.43. The van der Waals surface area contributed by atoms with E-state index in [-0.39, 0.29) is 0 Å². The van der Waals surface area contributed by atoms with Crippen LogP contribution < -0.4 is 5.32 Å². The topological polar surface area (TPSA) is 52.6 Å². The van der Waals surface area contributed by atoms with Gasteiger partial charge in [0.15, 0.2) is 0 Å². The quantitative estimate of drug-likeness (QED) is 0.844. The molecule has 1 aliphatic carbocycles. The van der Waals surface area contributed by atoms with Crippen LogP contribution in [-0.2, 0) is 6.54 Å². The highest BCUT2D eigenvalue weighted by Crippen LogP contribution is 2.49. The molecule has 0 amide bonds. The first-order valence-electron chi connectivity index (χ1n) is 9.45. The van der Waals surface area contributed by atoms with E-state index in [1.807, 2.05) is 13.0 Å². The van der Waals surface area contributed by atoms with E-state index in [1.54, 1.807) is 12.1 Å². The molecule has 0 bridgehead atoms. The molecule has 1 unspecified atom stereocenters. The predicted octanol–water partition coefficient (Wildman–Crippen LogP) is 4.30. The third-order valence-electron chi connectivity index (χ3n) is 5.78. The summed E-state index contributed by atoms with van der Waals surface area (Å²) in [4.78, 5) is 13.9. The number of nitrogens with zero attached hydrogens (tertiary/aromatic N) is 1. The summed E-state index contributed by atoms with van der Waals surface area (Å²) in [6.07, 6.45) is 4.76. The Morgan fingerprint density at radius 1 is 1.23 bits per heavy atom. The van der Waals surface area contributed by atoms with E-state index in [2.05, 4.69) is 40.5 Å². The van der Waals surface area contributed by atoms with E-state index >= 15 is 0 Å². The van der Waals surface area contributed by atoms with Crippen LogP contribution in [0, 0.1) is 6.92 Å².